The van der Waals surface area contributed by atoms with Gasteiger partial charge in [-0.15, -0.1) is 0 Å². The van der Waals surface area contributed by atoms with E-state index >= 15 is 0 Å². The van der Waals surface area contributed by atoms with Crippen LogP contribution < -0.4 is 10.2 Å². The minimum absolute atomic E-state index is 0.125. The third-order valence-electron chi connectivity index (χ3n) is 5.20. The van der Waals surface area contributed by atoms with E-state index in [2.05, 4.69) is 0 Å². The van der Waals surface area contributed by atoms with Crippen molar-refractivity contribution in [1.29, 1.82) is 0 Å². The maximum absolute atomic E-state index is 13.3. The lowest BCUT2D eigenvalue weighted by atomic mass is 9.82. The molecular formula is C22H22O3. The van der Waals surface area contributed by atoms with Crippen LogP contribution in [0.3, 0.4) is 0 Å². The molecule has 1 aliphatic carbocycles. The first-order valence-electron chi connectivity index (χ1n) is 8.98. The van der Waals surface area contributed by atoms with Crippen molar-refractivity contribution in [2.45, 2.75) is 38.0 Å². The standard InChI is InChI=1S/C22H22O3/c1-24-17-13-11-16(12-14-17)22-20(15-7-3-2-4-8-15)21(23)18-9-5-6-10-19(18)25-22/h5-6,9-15H,2-4,7-8H2,1H3. The molecule has 1 fully saturated rings. The molecule has 4 rings (SSSR count). The van der Waals surface area contributed by atoms with Crippen molar-refractivity contribution in [3.05, 3.63) is 64.3 Å². The van der Waals surface area contributed by atoms with Crippen LogP contribution in [0.1, 0.15) is 43.6 Å². The first-order chi connectivity index (χ1) is 12.3. The summed E-state index contributed by atoms with van der Waals surface area (Å²) in [5.74, 6) is 1.80. The van der Waals surface area contributed by atoms with Gasteiger partial charge in [-0.05, 0) is 55.2 Å². The van der Waals surface area contributed by atoms with Crippen LogP contribution in [0, 0.1) is 0 Å². The van der Waals surface area contributed by atoms with Crippen LogP contribution in [0.2, 0.25) is 0 Å². The summed E-state index contributed by atoms with van der Waals surface area (Å²) >= 11 is 0. The SMILES string of the molecule is COc1ccc(-c2oc3ccccc3c(=O)c2C2CCCCC2)cc1. The van der Waals surface area contributed by atoms with E-state index in [0.29, 0.717) is 11.0 Å². The van der Waals surface area contributed by atoms with Gasteiger partial charge >= 0.3 is 0 Å². The maximum atomic E-state index is 13.3. The Hall–Kier alpha value is -2.55. The monoisotopic (exact) mass is 334 g/mol. The van der Waals surface area contributed by atoms with Crippen molar-refractivity contribution < 1.29 is 9.15 Å². The lowest BCUT2D eigenvalue weighted by Gasteiger charge is -2.23. The fourth-order valence-electron chi connectivity index (χ4n) is 3.88. The summed E-state index contributed by atoms with van der Waals surface area (Å²) < 4.78 is 11.5. The Morgan fingerprint density at radius 3 is 2.40 bits per heavy atom. The molecule has 0 spiro atoms. The van der Waals surface area contributed by atoms with Gasteiger partial charge in [0, 0.05) is 11.1 Å². The molecule has 1 heterocycles. The molecule has 3 aromatic rings. The Kier molecular flexibility index (Phi) is 4.31. The molecule has 0 saturated heterocycles. The third-order valence-corrected chi connectivity index (χ3v) is 5.20. The second-order valence-corrected chi connectivity index (χ2v) is 6.73. The molecule has 2 aromatic carbocycles. The van der Waals surface area contributed by atoms with Gasteiger partial charge in [-0.25, -0.2) is 0 Å². The summed E-state index contributed by atoms with van der Waals surface area (Å²) in [4.78, 5) is 13.3. The van der Waals surface area contributed by atoms with Crippen molar-refractivity contribution in [1.82, 2.24) is 0 Å². The highest BCUT2D eigenvalue weighted by Crippen LogP contribution is 2.38. The molecule has 0 N–H and O–H groups in total. The highest BCUT2D eigenvalue weighted by atomic mass is 16.5. The molecule has 128 valence electrons. The minimum Gasteiger partial charge on any atom is -0.497 e. The van der Waals surface area contributed by atoms with E-state index in [-0.39, 0.29) is 11.3 Å². The van der Waals surface area contributed by atoms with Gasteiger partial charge in [0.05, 0.1) is 12.5 Å². The Labute approximate surface area is 147 Å². The molecule has 3 nitrogen and oxygen atoms in total. The number of methoxy groups -OCH3 is 1. The fraction of sp³-hybridized carbons (Fsp3) is 0.318. The second-order valence-electron chi connectivity index (χ2n) is 6.73. The molecule has 0 atom stereocenters. The summed E-state index contributed by atoms with van der Waals surface area (Å²) in [7, 11) is 1.65. The van der Waals surface area contributed by atoms with Gasteiger partial charge in [-0.2, -0.15) is 0 Å². The predicted octanol–water partition coefficient (Wildman–Crippen LogP) is 5.52. The number of hydrogen-bond acceptors (Lipinski definition) is 3. The molecule has 3 heteroatoms. The summed E-state index contributed by atoms with van der Waals surface area (Å²) in [5.41, 5.74) is 2.56. The van der Waals surface area contributed by atoms with Gasteiger partial charge < -0.3 is 9.15 Å². The summed E-state index contributed by atoms with van der Waals surface area (Å²) in [6.07, 6.45) is 5.74. The Morgan fingerprint density at radius 2 is 1.68 bits per heavy atom. The summed E-state index contributed by atoms with van der Waals surface area (Å²) in [6.45, 7) is 0. The van der Waals surface area contributed by atoms with Crippen molar-refractivity contribution in [2.75, 3.05) is 7.11 Å². The zero-order valence-corrected chi connectivity index (χ0v) is 14.5. The van der Waals surface area contributed by atoms with Crippen LogP contribution in [0.25, 0.3) is 22.3 Å². The van der Waals surface area contributed by atoms with E-state index < -0.39 is 0 Å². The number of para-hydroxylation sites is 1. The van der Waals surface area contributed by atoms with E-state index in [1.54, 1.807) is 7.11 Å². The number of hydrogen-bond donors (Lipinski definition) is 0. The smallest absolute Gasteiger partial charge is 0.196 e. The molecule has 0 radical (unpaired) electrons. The zero-order valence-electron chi connectivity index (χ0n) is 14.5. The molecule has 0 aliphatic heterocycles. The molecule has 25 heavy (non-hydrogen) atoms. The Balaban J connectivity index is 1.95. The lowest BCUT2D eigenvalue weighted by molar-refractivity contribution is 0.415. The number of ether oxygens (including phenoxy) is 1. The average molecular weight is 334 g/mol. The van der Waals surface area contributed by atoms with E-state index in [0.717, 1.165) is 35.5 Å². The number of rotatable bonds is 3. The summed E-state index contributed by atoms with van der Waals surface area (Å²) in [5, 5.41) is 0.681. The molecular weight excluding hydrogens is 312 g/mol. The quantitative estimate of drug-likeness (QED) is 0.633. The second kappa shape index (κ2) is 6.75. The van der Waals surface area contributed by atoms with Gasteiger partial charge in [-0.3, -0.25) is 4.79 Å². The fourth-order valence-corrected chi connectivity index (χ4v) is 3.88. The Bertz CT molecular complexity index is 932. The van der Waals surface area contributed by atoms with Crippen LogP contribution in [0.5, 0.6) is 5.75 Å². The topological polar surface area (TPSA) is 39.4 Å². The maximum Gasteiger partial charge on any atom is 0.196 e. The third kappa shape index (κ3) is 2.95. The first-order valence-corrected chi connectivity index (χ1v) is 8.98. The van der Waals surface area contributed by atoms with E-state index in [9.17, 15) is 4.79 Å². The molecule has 0 bridgehead atoms. The highest BCUT2D eigenvalue weighted by molar-refractivity contribution is 5.80. The van der Waals surface area contributed by atoms with Gasteiger partial charge in [0.25, 0.3) is 0 Å². The summed E-state index contributed by atoms with van der Waals surface area (Å²) in [6, 6.07) is 15.3. The largest absolute Gasteiger partial charge is 0.497 e. The van der Waals surface area contributed by atoms with Crippen molar-refractivity contribution in [3.63, 3.8) is 0 Å². The van der Waals surface area contributed by atoms with Crippen molar-refractivity contribution >= 4 is 11.0 Å². The van der Waals surface area contributed by atoms with Crippen LogP contribution in [0.4, 0.5) is 0 Å². The van der Waals surface area contributed by atoms with Gasteiger partial charge in [0.15, 0.2) is 5.43 Å². The van der Waals surface area contributed by atoms with Crippen LogP contribution >= 0.6 is 0 Å². The highest BCUT2D eigenvalue weighted by Gasteiger charge is 2.25. The zero-order chi connectivity index (χ0) is 17.2. The van der Waals surface area contributed by atoms with Crippen LogP contribution in [-0.2, 0) is 0 Å². The van der Waals surface area contributed by atoms with E-state index in [1.165, 1.54) is 19.3 Å². The minimum atomic E-state index is 0.125. The number of benzene rings is 2. The van der Waals surface area contributed by atoms with Crippen molar-refractivity contribution in [3.8, 4) is 17.1 Å². The average Bonchev–Trinajstić information content (AvgIpc) is 2.69. The number of fused-ring (bicyclic) bond motifs is 1. The molecule has 1 aliphatic rings. The van der Waals surface area contributed by atoms with Gasteiger partial charge in [0.2, 0.25) is 0 Å². The van der Waals surface area contributed by atoms with Crippen molar-refractivity contribution in [2.24, 2.45) is 0 Å². The normalized spacial score (nSPS) is 15.4. The molecule has 0 unspecified atom stereocenters. The Morgan fingerprint density at radius 1 is 0.960 bits per heavy atom. The molecule has 1 saturated carbocycles. The van der Waals surface area contributed by atoms with Gasteiger partial charge in [0.1, 0.15) is 17.1 Å². The van der Waals surface area contributed by atoms with Gasteiger partial charge in [-0.1, -0.05) is 31.4 Å². The van der Waals surface area contributed by atoms with Crippen LogP contribution in [-0.4, -0.2) is 7.11 Å². The predicted molar refractivity (Wildman–Crippen MR) is 100 cm³/mol. The van der Waals surface area contributed by atoms with Crippen LogP contribution in [0.15, 0.2) is 57.7 Å². The van der Waals surface area contributed by atoms with E-state index in [4.69, 9.17) is 9.15 Å². The molecule has 1 aromatic heterocycles. The lowest BCUT2D eigenvalue weighted by Crippen LogP contribution is -2.17. The van der Waals surface area contributed by atoms with E-state index in [1.807, 2.05) is 48.5 Å². The first kappa shape index (κ1) is 15.9. The molecule has 0 amide bonds.